The van der Waals surface area contributed by atoms with Gasteiger partial charge in [0.2, 0.25) is 11.7 Å². The van der Waals surface area contributed by atoms with Gasteiger partial charge in [0.05, 0.1) is 21.3 Å². The van der Waals surface area contributed by atoms with Crippen LogP contribution in [0.2, 0.25) is 0 Å². The van der Waals surface area contributed by atoms with Gasteiger partial charge in [-0.2, -0.15) is 0 Å². The fourth-order valence-corrected chi connectivity index (χ4v) is 2.82. The number of rotatable bonds is 9. The second kappa shape index (κ2) is 13.7. The molecule has 0 spiro atoms. The quantitative estimate of drug-likeness (QED) is 0.247. The van der Waals surface area contributed by atoms with Crippen LogP contribution in [-0.4, -0.2) is 40.2 Å². The summed E-state index contributed by atoms with van der Waals surface area (Å²) in [6.45, 7) is 4.85. The van der Waals surface area contributed by atoms with Gasteiger partial charge in [0.1, 0.15) is 0 Å². The minimum Gasteiger partial charge on any atom is -0.493 e. The lowest BCUT2D eigenvalue weighted by Gasteiger charge is -2.16. The van der Waals surface area contributed by atoms with Crippen molar-refractivity contribution >= 4 is 41.5 Å². The lowest BCUT2D eigenvalue weighted by atomic mass is 10.1. The highest BCUT2D eigenvalue weighted by Gasteiger charge is 2.13. The fourth-order valence-electron chi connectivity index (χ4n) is 2.82. The maximum absolute atomic E-state index is 11.8. The highest BCUT2D eigenvalue weighted by Crippen LogP contribution is 2.38. The second-order valence-corrected chi connectivity index (χ2v) is 7.15. The minimum absolute atomic E-state index is 0. The molecule has 0 unspecified atom stereocenters. The number of hydrogen-bond acceptors (Lipinski definition) is 5. The number of amides is 1. The van der Waals surface area contributed by atoms with Crippen LogP contribution in [0.25, 0.3) is 0 Å². The second-order valence-electron chi connectivity index (χ2n) is 7.15. The predicted octanol–water partition coefficient (Wildman–Crippen LogP) is 3.79. The molecule has 0 radical (unpaired) electrons. The summed E-state index contributed by atoms with van der Waals surface area (Å²) in [6.07, 6.45) is 0. The van der Waals surface area contributed by atoms with Crippen LogP contribution in [-0.2, 0) is 17.9 Å². The van der Waals surface area contributed by atoms with Crippen LogP contribution >= 0.6 is 24.0 Å². The van der Waals surface area contributed by atoms with E-state index in [0.717, 1.165) is 16.8 Å². The van der Waals surface area contributed by atoms with E-state index in [-0.39, 0.29) is 35.8 Å². The summed E-state index contributed by atoms with van der Waals surface area (Å²) >= 11 is 0. The topological polar surface area (TPSA) is 93.2 Å². The minimum atomic E-state index is -0.0543. The molecule has 0 saturated heterocycles. The number of guanidine groups is 1. The van der Waals surface area contributed by atoms with Crippen molar-refractivity contribution in [1.29, 1.82) is 0 Å². The molecule has 176 valence electrons. The fraction of sp³-hybridized carbons (Fsp3) is 0.391. The van der Waals surface area contributed by atoms with Gasteiger partial charge in [0.25, 0.3) is 0 Å². The Morgan fingerprint density at radius 1 is 0.906 bits per heavy atom. The summed E-state index contributed by atoms with van der Waals surface area (Å²) in [7, 11) is 6.48. The van der Waals surface area contributed by atoms with Crippen molar-refractivity contribution in [3.63, 3.8) is 0 Å². The van der Waals surface area contributed by atoms with Gasteiger partial charge in [-0.25, -0.2) is 0 Å². The highest BCUT2D eigenvalue weighted by molar-refractivity contribution is 14.0. The first-order valence-electron chi connectivity index (χ1n) is 10.0. The van der Waals surface area contributed by atoms with E-state index >= 15 is 0 Å². The number of nitrogens with one attached hydrogen (secondary N) is 3. The number of aliphatic imine (C=N–C) groups is 1. The molecule has 0 saturated carbocycles. The molecule has 3 N–H and O–H groups in total. The van der Waals surface area contributed by atoms with Crippen molar-refractivity contribution in [3.8, 4) is 17.2 Å². The van der Waals surface area contributed by atoms with Gasteiger partial charge in [-0.15, -0.1) is 24.0 Å². The molecule has 9 heteroatoms. The Bertz CT molecular complexity index is 876. The molecule has 0 heterocycles. The van der Waals surface area contributed by atoms with Gasteiger partial charge in [0.15, 0.2) is 17.5 Å². The number of carbonyl (C=O) groups is 1. The first kappa shape index (κ1) is 27.3. The van der Waals surface area contributed by atoms with Crippen LogP contribution in [0.3, 0.4) is 0 Å². The number of carbonyl (C=O) groups excluding carboxylic acids is 1. The average molecular weight is 556 g/mol. The van der Waals surface area contributed by atoms with Gasteiger partial charge in [0, 0.05) is 31.7 Å². The van der Waals surface area contributed by atoms with Crippen LogP contribution in [0, 0.1) is 5.92 Å². The molecule has 0 aliphatic rings. The first-order chi connectivity index (χ1) is 14.9. The van der Waals surface area contributed by atoms with Crippen LogP contribution in [0.1, 0.15) is 25.0 Å². The number of halogens is 1. The summed E-state index contributed by atoms with van der Waals surface area (Å²) in [5.41, 5.74) is 2.81. The van der Waals surface area contributed by atoms with Gasteiger partial charge >= 0.3 is 0 Å². The van der Waals surface area contributed by atoms with Crippen LogP contribution in [0.15, 0.2) is 41.4 Å². The normalized spacial score (nSPS) is 10.8. The Morgan fingerprint density at radius 2 is 1.44 bits per heavy atom. The number of hydrogen-bond donors (Lipinski definition) is 3. The van der Waals surface area contributed by atoms with E-state index in [1.165, 1.54) is 0 Å². The Morgan fingerprint density at radius 3 is 1.88 bits per heavy atom. The number of benzene rings is 2. The Labute approximate surface area is 207 Å². The van der Waals surface area contributed by atoms with E-state index in [4.69, 9.17) is 14.2 Å². The van der Waals surface area contributed by atoms with Crippen molar-refractivity contribution in [2.45, 2.75) is 26.9 Å². The zero-order valence-corrected chi connectivity index (χ0v) is 21.8. The van der Waals surface area contributed by atoms with Crippen molar-refractivity contribution in [3.05, 3.63) is 47.5 Å². The van der Waals surface area contributed by atoms with Crippen molar-refractivity contribution in [1.82, 2.24) is 10.6 Å². The monoisotopic (exact) mass is 556 g/mol. The zero-order valence-electron chi connectivity index (χ0n) is 19.4. The summed E-state index contributed by atoms with van der Waals surface area (Å²) in [4.78, 5) is 16.0. The third-order valence-corrected chi connectivity index (χ3v) is 4.61. The Balaban J connectivity index is 0.00000512. The molecular weight excluding hydrogens is 523 g/mol. The van der Waals surface area contributed by atoms with E-state index in [1.54, 1.807) is 28.4 Å². The van der Waals surface area contributed by atoms with E-state index in [1.807, 2.05) is 50.2 Å². The molecule has 32 heavy (non-hydrogen) atoms. The van der Waals surface area contributed by atoms with Gasteiger partial charge < -0.3 is 30.2 Å². The van der Waals surface area contributed by atoms with Gasteiger partial charge in [-0.1, -0.05) is 26.0 Å². The van der Waals surface area contributed by atoms with Crippen LogP contribution in [0.4, 0.5) is 5.69 Å². The standard InChI is InChI=1S/C23H32N4O4.HI/c1-15(2)22(28)27-18-9-7-16(8-10-18)13-25-23(24-3)26-14-17-11-19(29-4)21(31-6)20(12-17)30-5;/h7-12,15H,13-14H2,1-6H3,(H,27,28)(H2,24,25,26);1H. The lowest BCUT2D eigenvalue weighted by Crippen LogP contribution is -2.36. The smallest absolute Gasteiger partial charge is 0.226 e. The third kappa shape index (κ3) is 7.77. The Hall–Kier alpha value is -2.69. The maximum atomic E-state index is 11.8. The molecule has 2 aromatic rings. The molecule has 0 aromatic heterocycles. The predicted molar refractivity (Wildman–Crippen MR) is 138 cm³/mol. The van der Waals surface area contributed by atoms with Gasteiger partial charge in [-0.05, 0) is 35.4 Å². The summed E-state index contributed by atoms with van der Waals surface area (Å²) in [6, 6.07) is 11.5. The average Bonchev–Trinajstić information content (AvgIpc) is 2.79. The van der Waals surface area contributed by atoms with Crippen LogP contribution in [0.5, 0.6) is 17.2 Å². The maximum Gasteiger partial charge on any atom is 0.226 e. The molecule has 0 aliphatic carbocycles. The van der Waals surface area contributed by atoms with Crippen LogP contribution < -0.4 is 30.2 Å². The molecule has 0 atom stereocenters. The molecule has 0 fully saturated rings. The summed E-state index contributed by atoms with van der Waals surface area (Å²) in [5.74, 6) is 2.37. The SMILES string of the molecule is CN=C(NCc1ccc(NC(=O)C(C)C)cc1)NCc1cc(OC)c(OC)c(OC)c1.I. The number of anilines is 1. The zero-order chi connectivity index (χ0) is 22.8. The van der Waals surface area contributed by atoms with E-state index in [2.05, 4.69) is 20.9 Å². The molecule has 2 rings (SSSR count). The van der Waals surface area contributed by atoms with Gasteiger partial charge in [-0.3, -0.25) is 9.79 Å². The van der Waals surface area contributed by atoms with Crippen molar-refractivity contribution in [2.24, 2.45) is 10.9 Å². The highest BCUT2D eigenvalue weighted by atomic mass is 127. The molecule has 2 aromatic carbocycles. The summed E-state index contributed by atoms with van der Waals surface area (Å²) < 4.78 is 16.2. The first-order valence-corrected chi connectivity index (χ1v) is 10.0. The lowest BCUT2D eigenvalue weighted by molar-refractivity contribution is -0.118. The van der Waals surface area contributed by atoms with Crippen molar-refractivity contribution < 1.29 is 19.0 Å². The van der Waals surface area contributed by atoms with E-state index in [9.17, 15) is 4.79 Å². The Kier molecular flexibility index (Phi) is 11.7. The molecule has 1 amide bonds. The summed E-state index contributed by atoms with van der Waals surface area (Å²) in [5, 5.41) is 9.44. The molecule has 0 bridgehead atoms. The number of methoxy groups -OCH3 is 3. The van der Waals surface area contributed by atoms with E-state index in [0.29, 0.717) is 36.3 Å². The molecular formula is C23H33IN4O4. The van der Waals surface area contributed by atoms with E-state index < -0.39 is 0 Å². The largest absolute Gasteiger partial charge is 0.493 e. The third-order valence-electron chi connectivity index (χ3n) is 4.61. The van der Waals surface area contributed by atoms with Crippen molar-refractivity contribution in [2.75, 3.05) is 33.7 Å². The number of ether oxygens (including phenoxy) is 3. The number of nitrogens with zero attached hydrogens (tertiary/aromatic N) is 1. The molecule has 0 aliphatic heterocycles. The molecule has 8 nitrogen and oxygen atoms in total.